The summed E-state index contributed by atoms with van der Waals surface area (Å²) in [5.41, 5.74) is 1.57. The molecule has 1 saturated carbocycles. The minimum atomic E-state index is 0.761. The Morgan fingerprint density at radius 1 is 1.29 bits per heavy atom. The maximum atomic E-state index is 3.71. The highest BCUT2D eigenvalue weighted by Gasteiger charge is 2.29. The Labute approximate surface area is 135 Å². The van der Waals surface area contributed by atoms with Crippen LogP contribution in [0, 0.1) is 23.7 Å². The SMILES string of the molecule is CCCC1CCC(CNCC(C)C)C(Cc2ccsc2)C1. The van der Waals surface area contributed by atoms with Crippen LogP contribution in [0.1, 0.15) is 58.4 Å². The molecule has 1 nitrogen and oxygen atoms in total. The smallest absolute Gasteiger partial charge is 0.00176 e. The second-order valence-corrected chi connectivity index (χ2v) is 8.16. The van der Waals surface area contributed by atoms with Crippen LogP contribution >= 0.6 is 11.3 Å². The van der Waals surface area contributed by atoms with Gasteiger partial charge in [0, 0.05) is 0 Å². The minimum Gasteiger partial charge on any atom is -0.316 e. The lowest BCUT2D eigenvalue weighted by molar-refractivity contribution is 0.166. The van der Waals surface area contributed by atoms with E-state index in [0.29, 0.717) is 0 Å². The molecule has 2 heteroatoms. The molecule has 0 aliphatic heterocycles. The summed E-state index contributed by atoms with van der Waals surface area (Å²) in [6.45, 7) is 9.33. The molecule has 0 aromatic carbocycles. The molecule has 1 fully saturated rings. The van der Waals surface area contributed by atoms with Crippen molar-refractivity contribution in [3.8, 4) is 0 Å². The number of rotatable bonds is 8. The van der Waals surface area contributed by atoms with Crippen molar-refractivity contribution in [3.63, 3.8) is 0 Å². The van der Waals surface area contributed by atoms with Gasteiger partial charge in [0.25, 0.3) is 0 Å². The standard InChI is InChI=1S/C19H33NS/c1-4-5-16-6-7-18(13-20-12-15(2)3)19(10-16)11-17-8-9-21-14-17/h8-9,14-16,18-20H,4-7,10-13H2,1-3H3. The average Bonchev–Trinajstić information content (AvgIpc) is 2.94. The van der Waals surface area contributed by atoms with E-state index in [0.717, 1.165) is 23.7 Å². The predicted molar refractivity (Wildman–Crippen MR) is 95.0 cm³/mol. The van der Waals surface area contributed by atoms with Crippen molar-refractivity contribution in [2.45, 2.75) is 59.3 Å². The summed E-state index contributed by atoms with van der Waals surface area (Å²) >= 11 is 1.85. The zero-order valence-electron chi connectivity index (χ0n) is 14.1. The lowest BCUT2D eigenvalue weighted by Crippen LogP contribution is -2.35. The summed E-state index contributed by atoms with van der Waals surface area (Å²) in [6.07, 6.45) is 8.44. The van der Waals surface area contributed by atoms with Gasteiger partial charge in [0.15, 0.2) is 0 Å². The van der Waals surface area contributed by atoms with E-state index in [1.54, 1.807) is 5.56 Å². The van der Waals surface area contributed by atoms with E-state index >= 15 is 0 Å². The summed E-state index contributed by atoms with van der Waals surface area (Å²) in [5, 5.41) is 8.29. The maximum absolute atomic E-state index is 3.71. The van der Waals surface area contributed by atoms with E-state index < -0.39 is 0 Å². The van der Waals surface area contributed by atoms with Crippen molar-refractivity contribution in [2.75, 3.05) is 13.1 Å². The molecule has 3 unspecified atom stereocenters. The highest BCUT2D eigenvalue weighted by atomic mass is 32.1. The molecule has 0 radical (unpaired) electrons. The second kappa shape index (κ2) is 8.95. The van der Waals surface area contributed by atoms with Crippen LogP contribution in [-0.4, -0.2) is 13.1 Å². The third-order valence-electron chi connectivity index (χ3n) is 4.98. The Kier molecular flexibility index (Phi) is 7.25. The van der Waals surface area contributed by atoms with E-state index in [9.17, 15) is 0 Å². The third kappa shape index (κ3) is 5.75. The molecular formula is C19H33NS. The van der Waals surface area contributed by atoms with Crippen molar-refractivity contribution in [1.82, 2.24) is 5.32 Å². The summed E-state index contributed by atoms with van der Waals surface area (Å²) < 4.78 is 0. The largest absolute Gasteiger partial charge is 0.316 e. The Morgan fingerprint density at radius 2 is 2.14 bits per heavy atom. The number of hydrogen-bond acceptors (Lipinski definition) is 2. The van der Waals surface area contributed by atoms with E-state index in [1.807, 2.05) is 11.3 Å². The number of hydrogen-bond donors (Lipinski definition) is 1. The van der Waals surface area contributed by atoms with Gasteiger partial charge in [0.1, 0.15) is 0 Å². The molecule has 1 aliphatic rings. The van der Waals surface area contributed by atoms with Gasteiger partial charge in [0.2, 0.25) is 0 Å². The Hall–Kier alpha value is -0.340. The molecule has 3 atom stereocenters. The first-order chi connectivity index (χ1) is 10.2. The molecule has 1 aromatic heterocycles. The summed E-state index contributed by atoms with van der Waals surface area (Å²) in [5.74, 6) is 3.53. The van der Waals surface area contributed by atoms with Gasteiger partial charge in [0.05, 0.1) is 0 Å². The van der Waals surface area contributed by atoms with Crippen molar-refractivity contribution in [3.05, 3.63) is 22.4 Å². The predicted octanol–water partition coefficient (Wildman–Crippen LogP) is 5.37. The normalized spacial score (nSPS) is 26.4. The first-order valence-electron chi connectivity index (χ1n) is 8.90. The monoisotopic (exact) mass is 307 g/mol. The summed E-state index contributed by atoms with van der Waals surface area (Å²) in [7, 11) is 0. The quantitative estimate of drug-likeness (QED) is 0.681. The number of thiophene rings is 1. The lowest BCUT2D eigenvalue weighted by atomic mass is 9.70. The average molecular weight is 308 g/mol. The van der Waals surface area contributed by atoms with Crippen LogP contribution < -0.4 is 5.32 Å². The zero-order valence-corrected chi connectivity index (χ0v) is 14.9. The van der Waals surface area contributed by atoms with Crippen LogP contribution in [0.4, 0.5) is 0 Å². The van der Waals surface area contributed by atoms with Crippen LogP contribution in [0.5, 0.6) is 0 Å². The Bertz CT molecular complexity index is 371. The number of nitrogens with one attached hydrogen (secondary N) is 1. The van der Waals surface area contributed by atoms with Gasteiger partial charge in [-0.05, 0) is 78.4 Å². The van der Waals surface area contributed by atoms with Gasteiger partial charge in [-0.3, -0.25) is 0 Å². The molecule has 1 N–H and O–H groups in total. The van der Waals surface area contributed by atoms with E-state index in [2.05, 4.69) is 42.9 Å². The molecular weight excluding hydrogens is 274 g/mol. The summed E-state index contributed by atoms with van der Waals surface area (Å²) in [4.78, 5) is 0. The first-order valence-corrected chi connectivity index (χ1v) is 9.85. The van der Waals surface area contributed by atoms with Gasteiger partial charge in [-0.25, -0.2) is 0 Å². The molecule has 21 heavy (non-hydrogen) atoms. The van der Waals surface area contributed by atoms with Crippen LogP contribution in [0.25, 0.3) is 0 Å². The molecule has 2 rings (SSSR count). The lowest BCUT2D eigenvalue weighted by Gasteiger charge is -2.36. The second-order valence-electron chi connectivity index (χ2n) is 7.38. The highest BCUT2D eigenvalue weighted by Crippen LogP contribution is 2.38. The highest BCUT2D eigenvalue weighted by molar-refractivity contribution is 7.07. The van der Waals surface area contributed by atoms with Crippen LogP contribution in [0.3, 0.4) is 0 Å². The van der Waals surface area contributed by atoms with Crippen LogP contribution in [0.2, 0.25) is 0 Å². The molecule has 1 aliphatic carbocycles. The Balaban J connectivity index is 1.89. The fourth-order valence-electron chi connectivity index (χ4n) is 3.88. The maximum Gasteiger partial charge on any atom is -0.00176 e. The molecule has 1 aromatic rings. The minimum absolute atomic E-state index is 0.761. The molecule has 1 heterocycles. The molecule has 0 amide bonds. The van der Waals surface area contributed by atoms with Gasteiger partial charge in [-0.1, -0.05) is 40.0 Å². The van der Waals surface area contributed by atoms with Gasteiger partial charge in [-0.2, -0.15) is 11.3 Å². The van der Waals surface area contributed by atoms with Gasteiger partial charge in [-0.15, -0.1) is 0 Å². The van der Waals surface area contributed by atoms with Crippen LogP contribution in [-0.2, 0) is 6.42 Å². The fraction of sp³-hybridized carbons (Fsp3) is 0.789. The first kappa shape index (κ1) is 17.0. The van der Waals surface area contributed by atoms with E-state index in [-0.39, 0.29) is 0 Å². The zero-order chi connectivity index (χ0) is 15.1. The summed E-state index contributed by atoms with van der Waals surface area (Å²) in [6, 6.07) is 2.33. The van der Waals surface area contributed by atoms with Crippen molar-refractivity contribution >= 4 is 11.3 Å². The van der Waals surface area contributed by atoms with Crippen molar-refractivity contribution in [1.29, 1.82) is 0 Å². The van der Waals surface area contributed by atoms with Crippen molar-refractivity contribution in [2.24, 2.45) is 23.7 Å². The Morgan fingerprint density at radius 3 is 2.81 bits per heavy atom. The van der Waals surface area contributed by atoms with Gasteiger partial charge < -0.3 is 5.32 Å². The fourth-order valence-corrected chi connectivity index (χ4v) is 4.56. The molecule has 0 spiro atoms. The molecule has 0 saturated heterocycles. The molecule has 0 bridgehead atoms. The topological polar surface area (TPSA) is 12.0 Å². The van der Waals surface area contributed by atoms with E-state index in [4.69, 9.17) is 0 Å². The van der Waals surface area contributed by atoms with Crippen LogP contribution in [0.15, 0.2) is 16.8 Å². The van der Waals surface area contributed by atoms with Crippen molar-refractivity contribution < 1.29 is 0 Å². The third-order valence-corrected chi connectivity index (χ3v) is 5.71. The molecule has 120 valence electrons. The van der Waals surface area contributed by atoms with E-state index in [1.165, 1.54) is 51.6 Å². The van der Waals surface area contributed by atoms with Gasteiger partial charge >= 0.3 is 0 Å².